The molecule has 0 aromatic heterocycles. The third-order valence-electron chi connectivity index (χ3n) is 3.21. The van der Waals surface area contributed by atoms with Crippen LogP contribution in [-0.2, 0) is 4.79 Å². The highest BCUT2D eigenvalue weighted by atomic mass is 16.2. The molecule has 96 valence electrons. The predicted molar refractivity (Wildman–Crippen MR) is 66.4 cm³/mol. The van der Waals surface area contributed by atoms with Gasteiger partial charge in [0.25, 0.3) is 0 Å². The monoisotopic (exact) mass is 238 g/mol. The van der Waals surface area contributed by atoms with Crippen LogP contribution in [0.4, 0.5) is 0 Å². The normalized spacial score (nSPS) is 18.0. The summed E-state index contributed by atoms with van der Waals surface area (Å²) in [5.74, 6) is -0.0490. The van der Waals surface area contributed by atoms with Gasteiger partial charge in [0.2, 0.25) is 5.91 Å². The Morgan fingerprint density at radius 3 is 2.65 bits per heavy atom. The van der Waals surface area contributed by atoms with Crippen LogP contribution in [0.2, 0.25) is 0 Å². The maximum Gasteiger partial charge on any atom is 0.235 e. The van der Waals surface area contributed by atoms with Gasteiger partial charge in [0.15, 0.2) is 0 Å². The molecule has 1 saturated carbocycles. The van der Waals surface area contributed by atoms with Crippen molar-refractivity contribution >= 4 is 5.91 Å². The Morgan fingerprint density at radius 2 is 2.12 bits per heavy atom. The average Bonchev–Trinajstić information content (AvgIpc) is 2.75. The summed E-state index contributed by atoms with van der Waals surface area (Å²) in [5, 5.41) is 15.1. The lowest BCUT2D eigenvalue weighted by molar-refractivity contribution is -0.123. The first-order chi connectivity index (χ1) is 8.12. The summed E-state index contributed by atoms with van der Waals surface area (Å²) in [5.41, 5.74) is -0.596. The van der Waals surface area contributed by atoms with E-state index in [4.69, 9.17) is 5.26 Å². The molecular formula is C12H22N4O. The van der Waals surface area contributed by atoms with Crippen LogP contribution in [0.1, 0.15) is 25.7 Å². The molecule has 5 heteroatoms. The molecule has 1 rings (SSSR count). The molecule has 0 aliphatic heterocycles. The molecule has 0 unspecified atom stereocenters. The average molecular weight is 238 g/mol. The lowest BCUT2D eigenvalue weighted by atomic mass is 10.00. The van der Waals surface area contributed by atoms with E-state index in [-0.39, 0.29) is 5.91 Å². The number of nitriles is 1. The van der Waals surface area contributed by atoms with Crippen LogP contribution in [0, 0.1) is 11.3 Å². The van der Waals surface area contributed by atoms with E-state index >= 15 is 0 Å². The van der Waals surface area contributed by atoms with E-state index < -0.39 is 5.54 Å². The molecule has 0 aromatic carbocycles. The quantitative estimate of drug-likeness (QED) is 0.688. The molecule has 5 nitrogen and oxygen atoms in total. The Hall–Kier alpha value is -1.12. The zero-order chi connectivity index (χ0) is 12.7. The summed E-state index contributed by atoms with van der Waals surface area (Å²) in [6.45, 7) is 2.03. The van der Waals surface area contributed by atoms with Gasteiger partial charge in [-0.2, -0.15) is 5.26 Å². The lowest BCUT2D eigenvalue weighted by Crippen LogP contribution is -2.49. The van der Waals surface area contributed by atoms with Crippen molar-refractivity contribution < 1.29 is 4.79 Å². The Bertz CT molecular complexity index is 291. The number of nitrogens with one attached hydrogen (secondary N) is 2. The molecular weight excluding hydrogens is 216 g/mol. The van der Waals surface area contributed by atoms with Crippen molar-refractivity contribution in [2.24, 2.45) is 0 Å². The maximum atomic E-state index is 11.8. The molecule has 0 spiro atoms. The topological polar surface area (TPSA) is 68.2 Å². The van der Waals surface area contributed by atoms with Gasteiger partial charge in [-0.3, -0.25) is 9.69 Å². The molecule has 0 heterocycles. The molecule has 0 aromatic rings. The van der Waals surface area contributed by atoms with Crippen LogP contribution < -0.4 is 10.6 Å². The number of amides is 1. The van der Waals surface area contributed by atoms with Crippen LogP contribution in [0.5, 0.6) is 0 Å². The zero-order valence-electron chi connectivity index (χ0n) is 10.8. The minimum absolute atomic E-state index is 0.0490. The van der Waals surface area contributed by atoms with Crippen molar-refractivity contribution in [1.29, 1.82) is 5.26 Å². The Balaban J connectivity index is 2.36. The second-order valence-corrected chi connectivity index (χ2v) is 4.79. The van der Waals surface area contributed by atoms with Crippen LogP contribution in [-0.4, -0.2) is 50.1 Å². The van der Waals surface area contributed by atoms with Crippen molar-refractivity contribution in [1.82, 2.24) is 15.5 Å². The number of carbonyl (C=O) groups is 1. The van der Waals surface area contributed by atoms with E-state index in [0.717, 1.165) is 38.8 Å². The van der Waals surface area contributed by atoms with Crippen molar-refractivity contribution in [2.45, 2.75) is 31.2 Å². The second kappa shape index (κ2) is 6.58. The van der Waals surface area contributed by atoms with Crippen molar-refractivity contribution in [2.75, 3.05) is 33.7 Å². The molecule has 1 aliphatic carbocycles. The summed E-state index contributed by atoms with van der Waals surface area (Å²) in [6, 6.07) is 2.26. The molecule has 0 saturated heterocycles. The van der Waals surface area contributed by atoms with Crippen molar-refractivity contribution in [3.63, 3.8) is 0 Å². The summed E-state index contributed by atoms with van der Waals surface area (Å²) < 4.78 is 0. The highest BCUT2D eigenvalue weighted by molar-refractivity contribution is 5.79. The fraction of sp³-hybridized carbons (Fsp3) is 0.833. The number of likely N-dealkylation sites (N-methyl/N-ethyl adjacent to an activating group) is 2. The zero-order valence-corrected chi connectivity index (χ0v) is 10.8. The van der Waals surface area contributed by atoms with Crippen LogP contribution >= 0.6 is 0 Å². The summed E-state index contributed by atoms with van der Waals surface area (Å²) >= 11 is 0. The first-order valence-electron chi connectivity index (χ1n) is 6.17. The number of hydrogen-bond acceptors (Lipinski definition) is 4. The molecule has 0 bridgehead atoms. The molecule has 17 heavy (non-hydrogen) atoms. The predicted octanol–water partition coefficient (Wildman–Crippen LogP) is 0.0902. The summed E-state index contributed by atoms with van der Waals surface area (Å²) in [6.07, 6.45) is 3.64. The van der Waals surface area contributed by atoms with Gasteiger partial charge in [0.05, 0.1) is 12.6 Å². The largest absolute Gasteiger partial charge is 0.337 e. The van der Waals surface area contributed by atoms with Gasteiger partial charge in [-0.15, -0.1) is 0 Å². The molecule has 0 atom stereocenters. The number of hydrogen-bond donors (Lipinski definition) is 2. The van der Waals surface area contributed by atoms with Crippen molar-refractivity contribution in [3.8, 4) is 6.07 Å². The fourth-order valence-electron chi connectivity index (χ4n) is 2.18. The van der Waals surface area contributed by atoms with E-state index in [1.165, 1.54) is 0 Å². The van der Waals surface area contributed by atoms with E-state index in [2.05, 4.69) is 16.7 Å². The lowest BCUT2D eigenvalue weighted by Gasteiger charge is -2.24. The summed E-state index contributed by atoms with van der Waals surface area (Å²) in [7, 11) is 3.79. The standard InChI is InChI=1S/C12H22N4O/c1-14-7-8-16(2)9-11(17)15-12(10-13)5-3-4-6-12/h14H,3-9H2,1-2H3,(H,15,17). The molecule has 0 radical (unpaired) electrons. The molecule has 1 aliphatic rings. The van der Waals surface area contributed by atoms with E-state index in [1.54, 1.807) is 0 Å². The second-order valence-electron chi connectivity index (χ2n) is 4.79. The van der Waals surface area contributed by atoms with Crippen LogP contribution in [0.15, 0.2) is 0 Å². The Labute approximate surface area is 103 Å². The van der Waals surface area contributed by atoms with Gasteiger partial charge in [-0.1, -0.05) is 0 Å². The van der Waals surface area contributed by atoms with E-state index in [1.807, 2.05) is 19.0 Å². The van der Waals surface area contributed by atoms with Gasteiger partial charge in [0, 0.05) is 13.1 Å². The van der Waals surface area contributed by atoms with Gasteiger partial charge >= 0.3 is 0 Å². The number of rotatable bonds is 6. The van der Waals surface area contributed by atoms with Crippen LogP contribution in [0.3, 0.4) is 0 Å². The minimum atomic E-state index is -0.596. The van der Waals surface area contributed by atoms with Gasteiger partial charge in [-0.25, -0.2) is 0 Å². The van der Waals surface area contributed by atoms with Gasteiger partial charge < -0.3 is 10.6 Å². The third-order valence-corrected chi connectivity index (χ3v) is 3.21. The first kappa shape index (κ1) is 13.9. The Morgan fingerprint density at radius 1 is 1.47 bits per heavy atom. The highest BCUT2D eigenvalue weighted by Gasteiger charge is 2.35. The smallest absolute Gasteiger partial charge is 0.235 e. The molecule has 1 fully saturated rings. The number of nitrogens with zero attached hydrogens (tertiary/aromatic N) is 2. The van der Waals surface area contributed by atoms with E-state index in [9.17, 15) is 4.79 Å². The fourth-order valence-corrected chi connectivity index (χ4v) is 2.18. The maximum absolute atomic E-state index is 11.8. The summed E-state index contributed by atoms with van der Waals surface area (Å²) in [4.78, 5) is 13.8. The Kier molecular flexibility index (Phi) is 5.39. The molecule has 2 N–H and O–H groups in total. The number of carbonyl (C=O) groups excluding carboxylic acids is 1. The first-order valence-corrected chi connectivity index (χ1v) is 6.17. The van der Waals surface area contributed by atoms with Crippen molar-refractivity contribution in [3.05, 3.63) is 0 Å². The van der Waals surface area contributed by atoms with Gasteiger partial charge in [-0.05, 0) is 39.8 Å². The van der Waals surface area contributed by atoms with Crippen LogP contribution in [0.25, 0.3) is 0 Å². The SMILES string of the molecule is CNCCN(C)CC(=O)NC1(C#N)CCCC1. The van der Waals surface area contributed by atoms with E-state index in [0.29, 0.717) is 6.54 Å². The molecule has 1 amide bonds. The van der Waals surface area contributed by atoms with Gasteiger partial charge in [0.1, 0.15) is 5.54 Å². The minimum Gasteiger partial charge on any atom is -0.337 e. The third kappa shape index (κ3) is 4.33. The highest BCUT2D eigenvalue weighted by Crippen LogP contribution is 2.28.